The molecular formula is C6H11NO3S. The van der Waals surface area contributed by atoms with Crippen LogP contribution in [0.15, 0.2) is 5.16 Å². The van der Waals surface area contributed by atoms with Crippen LogP contribution in [0.25, 0.3) is 0 Å². The number of sulfone groups is 1. The molecular weight excluding hydrogens is 166 g/mol. The predicted octanol–water partition coefficient (Wildman–Crippen LogP) is 0.401. The van der Waals surface area contributed by atoms with E-state index in [0.717, 1.165) is 6.26 Å². The van der Waals surface area contributed by atoms with E-state index in [1.165, 1.54) is 0 Å². The van der Waals surface area contributed by atoms with Crippen LogP contribution in [-0.2, 0) is 14.7 Å². The number of oxime groups is 1. The summed E-state index contributed by atoms with van der Waals surface area (Å²) in [5, 5.41) is 3.63. The van der Waals surface area contributed by atoms with E-state index in [2.05, 4.69) is 5.16 Å². The molecule has 0 amide bonds. The van der Waals surface area contributed by atoms with Crippen LogP contribution in [-0.4, -0.2) is 26.3 Å². The van der Waals surface area contributed by atoms with Gasteiger partial charge in [-0.15, -0.1) is 0 Å². The zero-order chi connectivity index (χ0) is 8.70. The van der Waals surface area contributed by atoms with Gasteiger partial charge in [0.25, 0.3) is 0 Å². The van der Waals surface area contributed by atoms with Crippen molar-refractivity contribution < 1.29 is 13.3 Å². The molecule has 0 aromatic rings. The van der Waals surface area contributed by atoms with Crippen LogP contribution in [0, 0.1) is 5.41 Å². The quantitative estimate of drug-likeness (QED) is 0.538. The van der Waals surface area contributed by atoms with Gasteiger partial charge in [-0.3, -0.25) is 0 Å². The van der Waals surface area contributed by atoms with Gasteiger partial charge in [0.1, 0.15) is 6.61 Å². The van der Waals surface area contributed by atoms with E-state index in [0.29, 0.717) is 6.61 Å². The third-order valence-corrected chi connectivity index (χ3v) is 2.83. The van der Waals surface area contributed by atoms with Gasteiger partial charge >= 0.3 is 0 Å². The molecule has 0 spiro atoms. The maximum absolute atomic E-state index is 11.0. The minimum atomic E-state index is -3.19. The maximum Gasteiger partial charge on any atom is 0.192 e. The number of nitrogens with zero attached hydrogens (tertiary/aromatic N) is 1. The largest absolute Gasteiger partial charge is 0.394 e. The topological polar surface area (TPSA) is 55.7 Å². The van der Waals surface area contributed by atoms with Crippen LogP contribution in [0.5, 0.6) is 0 Å². The van der Waals surface area contributed by atoms with Gasteiger partial charge in [0.15, 0.2) is 14.9 Å². The fourth-order valence-corrected chi connectivity index (χ4v) is 2.26. The molecule has 0 saturated heterocycles. The van der Waals surface area contributed by atoms with Crippen molar-refractivity contribution in [1.82, 2.24) is 0 Å². The van der Waals surface area contributed by atoms with Crippen molar-refractivity contribution in [2.24, 2.45) is 10.6 Å². The van der Waals surface area contributed by atoms with Gasteiger partial charge in [-0.1, -0.05) is 19.0 Å². The summed E-state index contributed by atoms with van der Waals surface area (Å²) in [5.74, 6) is 0. The summed E-state index contributed by atoms with van der Waals surface area (Å²) in [4.78, 5) is 4.71. The Kier molecular flexibility index (Phi) is 1.70. The molecule has 1 rings (SSSR count). The van der Waals surface area contributed by atoms with Crippen LogP contribution in [0.2, 0.25) is 0 Å². The number of hydrogen-bond acceptors (Lipinski definition) is 4. The van der Waals surface area contributed by atoms with Gasteiger partial charge in [-0.2, -0.15) is 0 Å². The van der Waals surface area contributed by atoms with Crippen LogP contribution in [0.3, 0.4) is 0 Å². The highest BCUT2D eigenvalue weighted by atomic mass is 32.2. The first kappa shape index (κ1) is 8.52. The molecule has 0 aromatic carbocycles. The normalized spacial score (nSPS) is 22.6. The van der Waals surface area contributed by atoms with E-state index >= 15 is 0 Å². The molecule has 11 heavy (non-hydrogen) atoms. The van der Waals surface area contributed by atoms with Crippen molar-refractivity contribution in [2.45, 2.75) is 13.8 Å². The molecule has 0 aromatic heterocycles. The third-order valence-electron chi connectivity index (χ3n) is 1.50. The summed E-state index contributed by atoms with van der Waals surface area (Å²) in [6.45, 7) is 3.93. The number of hydrogen-bond donors (Lipinski definition) is 0. The lowest BCUT2D eigenvalue weighted by Crippen LogP contribution is -2.29. The maximum atomic E-state index is 11.0. The Bertz CT molecular complexity index is 289. The Morgan fingerprint density at radius 3 is 2.27 bits per heavy atom. The predicted molar refractivity (Wildman–Crippen MR) is 42.0 cm³/mol. The highest BCUT2D eigenvalue weighted by Crippen LogP contribution is 2.26. The Hall–Kier alpha value is -0.580. The lowest BCUT2D eigenvalue weighted by molar-refractivity contribution is 0.133. The molecule has 4 nitrogen and oxygen atoms in total. The van der Waals surface area contributed by atoms with Crippen LogP contribution in [0.4, 0.5) is 0 Å². The first-order valence-corrected chi connectivity index (χ1v) is 5.14. The molecule has 0 radical (unpaired) electrons. The molecule has 1 aliphatic rings. The van der Waals surface area contributed by atoms with Gasteiger partial charge in [0, 0.05) is 6.26 Å². The second kappa shape index (κ2) is 2.20. The molecule has 0 aliphatic carbocycles. The average molecular weight is 177 g/mol. The van der Waals surface area contributed by atoms with Crippen LogP contribution >= 0.6 is 0 Å². The smallest absolute Gasteiger partial charge is 0.192 e. The van der Waals surface area contributed by atoms with E-state index in [1.807, 2.05) is 0 Å². The molecule has 5 heteroatoms. The van der Waals surface area contributed by atoms with E-state index in [-0.39, 0.29) is 5.04 Å². The standard InChI is InChI=1S/C6H11NO3S/c1-6(2)4-10-7-5(6)11(3,8)9/h4H2,1-3H3. The Morgan fingerprint density at radius 1 is 1.55 bits per heavy atom. The molecule has 1 aliphatic heterocycles. The molecule has 0 bridgehead atoms. The van der Waals surface area contributed by atoms with Gasteiger partial charge in [-0.05, 0) is 0 Å². The van der Waals surface area contributed by atoms with Crippen LogP contribution < -0.4 is 0 Å². The van der Waals surface area contributed by atoms with E-state index in [4.69, 9.17) is 4.84 Å². The molecule has 0 saturated carbocycles. The Balaban J connectivity index is 3.08. The Labute approximate surface area is 66.1 Å². The second-order valence-electron chi connectivity index (χ2n) is 3.33. The highest BCUT2D eigenvalue weighted by Gasteiger charge is 2.38. The molecule has 64 valence electrons. The minimum Gasteiger partial charge on any atom is -0.394 e. The average Bonchev–Trinajstić information content (AvgIpc) is 2.06. The highest BCUT2D eigenvalue weighted by molar-refractivity contribution is 8.05. The second-order valence-corrected chi connectivity index (χ2v) is 5.26. The third kappa shape index (κ3) is 1.53. The van der Waals surface area contributed by atoms with Gasteiger partial charge < -0.3 is 4.84 Å². The van der Waals surface area contributed by atoms with Gasteiger partial charge in [0.05, 0.1) is 5.41 Å². The molecule has 0 fully saturated rings. The van der Waals surface area contributed by atoms with Crippen LogP contribution in [0.1, 0.15) is 13.8 Å². The number of rotatable bonds is 0. The summed E-state index contributed by atoms with van der Waals surface area (Å²) in [7, 11) is -3.19. The zero-order valence-electron chi connectivity index (χ0n) is 6.79. The van der Waals surface area contributed by atoms with Gasteiger partial charge in [-0.25, -0.2) is 8.42 Å². The molecule has 0 N–H and O–H groups in total. The summed E-state index contributed by atoms with van der Waals surface area (Å²) in [6, 6.07) is 0. The molecule has 0 unspecified atom stereocenters. The minimum absolute atomic E-state index is 0.144. The summed E-state index contributed by atoms with van der Waals surface area (Å²) in [5.41, 5.74) is -0.465. The van der Waals surface area contributed by atoms with Crippen molar-refractivity contribution in [1.29, 1.82) is 0 Å². The van der Waals surface area contributed by atoms with Gasteiger partial charge in [0.2, 0.25) is 0 Å². The van der Waals surface area contributed by atoms with Crippen molar-refractivity contribution in [3.8, 4) is 0 Å². The van der Waals surface area contributed by atoms with E-state index in [1.54, 1.807) is 13.8 Å². The first-order chi connectivity index (χ1) is 4.84. The molecule has 1 heterocycles. The van der Waals surface area contributed by atoms with Crippen molar-refractivity contribution >= 4 is 14.9 Å². The Morgan fingerprint density at radius 2 is 2.09 bits per heavy atom. The van der Waals surface area contributed by atoms with Crippen molar-refractivity contribution in [3.63, 3.8) is 0 Å². The first-order valence-electron chi connectivity index (χ1n) is 3.24. The van der Waals surface area contributed by atoms with Crippen molar-refractivity contribution in [2.75, 3.05) is 12.9 Å². The summed E-state index contributed by atoms with van der Waals surface area (Å²) < 4.78 is 22.1. The lowest BCUT2D eigenvalue weighted by Gasteiger charge is -2.14. The van der Waals surface area contributed by atoms with E-state index < -0.39 is 15.3 Å². The monoisotopic (exact) mass is 177 g/mol. The zero-order valence-corrected chi connectivity index (χ0v) is 7.60. The van der Waals surface area contributed by atoms with E-state index in [9.17, 15) is 8.42 Å². The fraction of sp³-hybridized carbons (Fsp3) is 0.833. The summed E-state index contributed by atoms with van der Waals surface area (Å²) in [6.07, 6.45) is 1.14. The lowest BCUT2D eigenvalue weighted by atomic mass is 9.97. The van der Waals surface area contributed by atoms with Crippen molar-refractivity contribution in [3.05, 3.63) is 0 Å². The SMILES string of the molecule is CC1(C)CON=C1S(C)(=O)=O. The molecule has 0 atom stereocenters. The fourth-order valence-electron chi connectivity index (χ4n) is 1.01. The summed E-state index contributed by atoms with van der Waals surface area (Å²) >= 11 is 0.